The first-order chi connectivity index (χ1) is 16.0. The molecule has 164 valence electrons. The Morgan fingerprint density at radius 2 is 1.18 bits per heavy atom. The van der Waals surface area contributed by atoms with Gasteiger partial charge in [0.15, 0.2) is 11.6 Å². The standard InChI is InChI=1S/C30H29N3/c1-30(2,3)26-20-18-25(19-21-26)29-32-31-28(33(29)27-12-8-5-9-13-27)24-16-14-23(15-17-24)22-10-6-4-7-11-22/h4,6-8,10-21H,5,9H2,1-3H3. The SMILES string of the molecule is CC(C)(C)c1ccc(-c2nnc(-c3ccc(-c4ccccc4)cc3)n2C2=CCCC=C2)cc1. The van der Waals surface area contributed by atoms with Gasteiger partial charge in [0.1, 0.15) is 0 Å². The summed E-state index contributed by atoms with van der Waals surface area (Å²) in [6, 6.07) is 27.8. The second-order valence-electron chi connectivity index (χ2n) is 9.56. The average Bonchev–Trinajstić information content (AvgIpc) is 3.30. The molecule has 1 heterocycles. The molecule has 1 aromatic heterocycles. The average molecular weight is 432 g/mol. The van der Waals surface area contributed by atoms with E-state index in [4.69, 9.17) is 0 Å². The van der Waals surface area contributed by atoms with Crippen molar-refractivity contribution in [2.75, 3.05) is 0 Å². The van der Waals surface area contributed by atoms with Crippen molar-refractivity contribution in [1.82, 2.24) is 14.8 Å². The summed E-state index contributed by atoms with van der Waals surface area (Å²) in [5.74, 6) is 1.73. The van der Waals surface area contributed by atoms with Crippen molar-refractivity contribution >= 4 is 5.70 Å². The van der Waals surface area contributed by atoms with E-state index in [1.807, 2.05) is 6.07 Å². The minimum absolute atomic E-state index is 0.118. The van der Waals surface area contributed by atoms with E-state index in [1.54, 1.807) is 0 Å². The number of benzene rings is 3. The Labute approximate surface area is 196 Å². The van der Waals surface area contributed by atoms with E-state index >= 15 is 0 Å². The molecule has 33 heavy (non-hydrogen) atoms. The predicted octanol–water partition coefficient (Wildman–Crippen LogP) is 7.77. The maximum atomic E-state index is 4.65. The smallest absolute Gasteiger partial charge is 0.168 e. The molecule has 0 fully saturated rings. The van der Waals surface area contributed by atoms with Gasteiger partial charge >= 0.3 is 0 Å². The third-order valence-corrected chi connectivity index (χ3v) is 6.16. The van der Waals surface area contributed by atoms with Gasteiger partial charge in [0.2, 0.25) is 0 Å². The molecule has 0 saturated heterocycles. The number of hydrogen-bond acceptors (Lipinski definition) is 2. The van der Waals surface area contributed by atoms with Crippen molar-refractivity contribution in [2.45, 2.75) is 39.0 Å². The van der Waals surface area contributed by atoms with Gasteiger partial charge in [0.25, 0.3) is 0 Å². The van der Waals surface area contributed by atoms with Crippen LogP contribution in [-0.2, 0) is 5.41 Å². The molecule has 0 bridgehead atoms. The molecule has 0 aliphatic heterocycles. The minimum Gasteiger partial charge on any atom is -0.275 e. The molecule has 5 rings (SSSR count). The van der Waals surface area contributed by atoms with Crippen LogP contribution >= 0.6 is 0 Å². The molecule has 0 saturated carbocycles. The predicted molar refractivity (Wildman–Crippen MR) is 138 cm³/mol. The number of nitrogens with zero attached hydrogens (tertiary/aromatic N) is 3. The van der Waals surface area contributed by atoms with E-state index < -0.39 is 0 Å². The Hall–Kier alpha value is -3.72. The van der Waals surface area contributed by atoms with Crippen molar-refractivity contribution in [3.8, 4) is 33.9 Å². The summed E-state index contributed by atoms with van der Waals surface area (Å²) in [5, 5.41) is 9.30. The zero-order chi connectivity index (χ0) is 22.8. The van der Waals surface area contributed by atoms with E-state index in [2.05, 4.69) is 127 Å². The highest BCUT2D eigenvalue weighted by Gasteiger charge is 2.20. The van der Waals surface area contributed by atoms with Crippen molar-refractivity contribution in [3.63, 3.8) is 0 Å². The molecule has 3 aromatic carbocycles. The van der Waals surface area contributed by atoms with E-state index in [-0.39, 0.29) is 5.41 Å². The second kappa shape index (κ2) is 8.67. The van der Waals surface area contributed by atoms with Crippen LogP contribution in [0.5, 0.6) is 0 Å². The van der Waals surface area contributed by atoms with Crippen LogP contribution in [0.15, 0.2) is 97.1 Å². The van der Waals surface area contributed by atoms with Gasteiger partial charge in [-0.15, -0.1) is 10.2 Å². The number of aromatic nitrogens is 3. The van der Waals surface area contributed by atoms with Gasteiger partial charge in [-0.05, 0) is 41.0 Å². The highest BCUT2D eigenvalue weighted by molar-refractivity contribution is 5.75. The van der Waals surface area contributed by atoms with Gasteiger partial charge in [0, 0.05) is 16.8 Å². The molecule has 1 aliphatic carbocycles. The molecule has 1 aliphatic rings. The van der Waals surface area contributed by atoms with Crippen molar-refractivity contribution in [1.29, 1.82) is 0 Å². The van der Waals surface area contributed by atoms with Gasteiger partial charge < -0.3 is 0 Å². The Bertz CT molecular complexity index is 1300. The highest BCUT2D eigenvalue weighted by Crippen LogP contribution is 2.32. The first-order valence-electron chi connectivity index (χ1n) is 11.6. The zero-order valence-electron chi connectivity index (χ0n) is 19.5. The normalized spacial score (nSPS) is 13.7. The molecular weight excluding hydrogens is 402 g/mol. The van der Waals surface area contributed by atoms with Crippen LogP contribution < -0.4 is 0 Å². The van der Waals surface area contributed by atoms with Crippen LogP contribution in [0.2, 0.25) is 0 Å². The fourth-order valence-corrected chi connectivity index (χ4v) is 4.23. The molecule has 0 atom stereocenters. The van der Waals surface area contributed by atoms with Crippen LogP contribution in [0.4, 0.5) is 0 Å². The molecule has 3 heteroatoms. The van der Waals surface area contributed by atoms with Gasteiger partial charge in [-0.25, -0.2) is 0 Å². The second-order valence-corrected chi connectivity index (χ2v) is 9.56. The summed E-state index contributed by atoms with van der Waals surface area (Å²) in [4.78, 5) is 0. The molecule has 0 amide bonds. The summed E-state index contributed by atoms with van der Waals surface area (Å²) in [5.41, 5.74) is 7.09. The van der Waals surface area contributed by atoms with E-state index in [0.29, 0.717) is 0 Å². The van der Waals surface area contributed by atoms with Gasteiger partial charge in [-0.2, -0.15) is 0 Å². The van der Waals surface area contributed by atoms with Crippen molar-refractivity contribution in [2.24, 2.45) is 0 Å². The van der Waals surface area contributed by atoms with Crippen molar-refractivity contribution < 1.29 is 0 Å². The Balaban J connectivity index is 1.58. The fourth-order valence-electron chi connectivity index (χ4n) is 4.23. The number of rotatable bonds is 4. The van der Waals surface area contributed by atoms with Gasteiger partial charge in [-0.1, -0.05) is 112 Å². The molecule has 0 N–H and O–H groups in total. The molecule has 4 aromatic rings. The lowest BCUT2D eigenvalue weighted by molar-refractivity contribution is 0.590. The first kappa shape index (κ1) is 21.1. The summed E-state index contributed by atoms with van der Waals surface area (Å²) >= 11 is 0. The molecular formula is C30H29N3. The monoisotopic (exact) mass is 431 g/mol. The van der Waals surface area contributed by atoms with E-state index in [1.165, 1.54) is 16.7 Å². The summed E-state index contributed by atoms with van der Waals surface area (Å²) in [6.07, 6.45) is 8.78. The molecule has 0 unspecified atom stereocenters. The number of allylic oxidation sites excluding steroid dienone is 4. The summed E-state index contributed by atoms with van der Waals surface area (Å²) in [6.45, 7) is 6.71. The van der Waals surface area contributed by atoms with Crippen LogP contribution in [0.25, 0.3) is 39.6 Å². The number of hydrogen-bond donors (Lipinski definition) is 0. The maximum Gasteiger partial charge on any atom is 0.168 e. The fraction of sp³-hybridized carbons (Fsp3) is 0.200. The minimum atomic E-state index is 0.118. The van der Waals surface area contributed by atoms with Crippen LogP contribution in [0.1, 0.15) is 39.2 Å². The Morgan fingerprint density at radius 1 is 0.636 bits per heavy atom. The van der Waals surface area contributed by atoms with Crippen LogP contribution in [0.3, 0.4) is 0 Å². The largest absolute Gasteiger partial charge is 0.275 e. The van der Waals surface area contributed by atoms with Gasteiger partial charge in [0.05, 0.1) is 0 Å². The molecule has 0 spiro atoms. The summed E-state index contributed by atoms with van der Waals surface area (Å²) in [7, 11) is 0. The Kier molecular flexibility index (Phi) is 5.55. The van der Waals surface area contributed by atoms with Gasteiger partial charge in [-0.3, -0.25) is 4.57 Å². The highest BCUT2D eigenvalue weighted by atomic mass is 15.3. The summed E-state index contributed by atoms with van der Waals surface area (Å²) < 4.78 is 2.19. The third-order valence-electron chi connectivity index (χ3n) is 6.16. The third kappa shape index (κ3) is 4.31. The van der Waals surface area contributed by atoms with E-state index in [9.17, 15) is 0 Å². The lowest BCUT2D eigenvalue weighted by atomic mass is 9.86. The molecule has 0 radical (unpaired) electrons. The lowest BCUT2D eigenvalue weighted by Gasteiger charge is -2.19. The Morgan fingerprint density at radius 3 is 1.73 bits per heavy atom. The lowest BCUT2D eigenvalue weighted by Crippen LogP contribution is -2.10. The maximum absolute atomic E-state index is 4.65. The zero-order valence-corrected chi connectivity index (χ0v) is 19.5. The quantitative estimate of drug-likeness (QED) is 0.330. The first-order valence-corrected chi connectivity index (χ1v) is 11.6. The van der Waals surface area contributed by atoms with Crippen molar-refractivity contribution in [3.05, 3.63) is 103 Å². The molecule has 3 nitrogen and oxygen atoms in total. The van der Waals surface area contributed by atoms with Crippen LogP contribution in [-0.4, -0.2) is 14.8 Å². The topological polar surface area (TPSA) is 30.7 Å². The van der Waals surface area contributed by atoms with Crippen LogP contribution in [0, 0.1) is 0 Å². The van der Waals surface area contributed by atoms with E-state index in [0.717, 1.165) is 41.3 Å².